The molecule has 1 atom stereocenters. The predicted molar refractivity (Wildman–Crippen MR) is 121 cm³/mol. The first-order valence-corrected chi connectivity index (χ1v) is 9.25. The van der Waals surface area contributed by atoms with E-state index in [1.165, 1.54) is 4.88 Å². The van der Waals surface area contributed by atoms with Gasteiger partial charge in [-0.15, -0.1) is 35.3 Å². The zero-order valence-corrected chi connectivity index (χ0v) is 18.9. The van der Waals surface area contributed by atoms with Gasteiger partial charge in [0.2, 0.25) is 0 Å². The largest absolute Gasteiger partial charge is 0.497 e. The third-order valence-electron chi connectivity index (χ3n) is 3.77. The van der Waals surface area contributed by atoms with Crippen molar-refractivity contribution >= 4 is 41.3 Å². The molecule has 1 aromatic heterocycles. The Bertz CT molecular complexity index is 665. The first-order valence-electron chi connectivity index (χ1n) is 8.37. The highest BCUT2D eigenvalue weighted by Gasteiger charge is 2.10. The van der Waals surface area contributed by atoms with Gasteiger partial charge in [0.25, 0.3) is 0 Å². The summed E-state index contributed by atoms with van der Waals surface area (Å²) in [6.45, 7) is 3.63. The van der Waals surface area contributed by atoms with Crippen LogP contribution in [0.25, 0.3) is 0 Å². The van der Waals surface area contributed by atoms with Gasteiger partial charge in [-0.2, -0.15) is 0 Å². The first-order chi connectivity index (χ1) is 12.1. The number of aliphatic imine (C=N–C) groups is 1. The van der Waals surface area contributed by atoms with Crippen LogP contribution in [-0.2, 0) is 6.42 Å². The van der Waals surface area contributed by atoms with Crippen LogP contribution in [0.15, 0.2) is 46.8 Å². The maximum atomic E-state index is 5.94. The first kappa shape index (κ1) is 22.6. The highest BCUT2D eigenvalue weighted by atomic mass is 127. The molecule has 0 aliphatic heterocycles. The molecular formula is C19H28IN3O2S. The summed E-state index contributed by atoms with van der Waals surface area (Å²) in [7, 11) is 5.51. The van der Waals surface area contributed by atoms with Gasteiger partial charge in [-0.05, 0) is 36.9 Å². The van der Waals surface area contributed by atoms with Gasteiger partial charge in [0.1, 0.15) is 17.6 Å². The fourth-order valence-corrected chi connectivity index (χ4v) is 3.11. The maximum absolute atomic E-state index is 5.94. The maximum Gasteiger partial charge on any atom is 0.193 e. The van der Waals surface area contributed by atoms with Gasteiger partial charge >= 0.3 is 0 Å². The van der Waals surface area contributed by atoms with E-state index in [0.29, 0.717) is 6.54 Å². The van der Waals surface area contributed by atoms with Crippen molar-refractivity contribution in [2.75, 3.05) is 34.3 Å². The summed E-state index contributed by atoms with van der Waals surface area (Å²) in [6, 6.07) is 11.9. The molecule has 7 heteroatoms. The molecule has 0 bridgehead atoms. The number of nitrogens with one attached hydrogen (secondary N) is 1. The Morgan fingerprint density at radius 1 is 1.27 bits per heavy atom. The number of nitrogens with zero attached hydrogens (tertiary/aromatic N) is 2. The number of benzene rings is 1. The fraction of sp³-hybridized carbons (Fsp3) is 0.421. The molecule has 0 aliphatic carbocycles. The number of methoxy groups -OCH3 is 1. The molecule has 5 nitrogen and oxygen atoms in total. The zero-order valence-electron chi connectivity index (χ0n) is 15.8. The van der Waals surface area contributed by atoms with Gasteiger partial charge in [0, 0.05) is 31.6 Å². The predicted octanol–water partition coefficient (Wildman–Crippen LogP) is 3.89. The standard InChI is InChI=1S/C19H27N3O2S.HI/c1-15(24-17-8-5-7-16(13-17)23-4)14-21-19(20-2)22(3)11-10-18-9-6-12-25-18;/h5-9,12-13,15H,10-11,14H2,1-4H3,(H,20,21);1H. The van der Waals surface area contributed by atoms with Crippen molar-refractivity contribution in [3.05, 3.63) is 46.7 Å². The average Bonchev–Trinajstić information content (AvgIpc) is 3.14. The molecule has 1 N–H and O–H groups in total. The van der Waals surface area contributed by atoms with E-state index in [2.05, 4.69) is 39.8 Å². The average molecular weight is 489 g/mol. The lowest BCUT2D eigenvalue weighted by Crippen LogP contribution is -2.43. The fourth-order valence-electron chi connectivity index (χ4n) is 2.41. The van der Waals surface area contributed by atoms with Crippen molar-refractivity contribution in [3.63, 3.8) is 0 Å². The lowest BCUT2D eigenvalue weighted by molar-refractivity contribution is 0.221. The quantitative estimate of drug-likeness (QED) is 0.347. The van der Waals surface area contributed by atoms with Crippen molar-refractivity contribution < 1.29 is 9.47 Å². The lowest BCUT2D eigenvalue weighted by Gasteiger charge is -2.24. The number of thiophene rings is 1. The molecule has 2 rings (SSSR count). The Morgan fingerprint density at radius 3 is 2.69 bits per heavy atom. The minimum Gasteiger partial charge on any atom is -0.497 e. The Balaban J connectivity index is 0.00000338. The number of hydrogen-bond donors (Lipinski definition) is 1. The Labute approximate surface area is 177 Å². The van der Waals surface area contributed by atoms with Crippen LogP contribution >= 0.6 is 35.3 Å². The summed E-state index contributed by atoms with van der Waals surface area (Å²) in [4.78, 5) is 7.88. The van der Waals surface area contributed by atoms with E-state index < -0.39 is 0 Å². The monoisotopic (exact) mass is 489 g/mol. The van der Waals surface area contributed by atoms with Crippen molar-refractivity contribution in [1.82, 2.24) is 10.2 Å². The molecule has 0 saturated heterocycles. The van der Waals surface area contributed by atoms with E-state index in [-0.39, 0.29) is 30.1 Å². The van der Waals surface area contributed by atoms with E-state index in [9.17, 15) is 0 Å². The number of hydrogen-bond acceptors (Lipinski definition) is 4. The van der Waals surface area contributed by atoms with E-state index >= 15 is 0 Å². The molecule has 0 amide bonds. The third kappa shape index (κ3) is 7.41. The van der Waals surface area contributed by atoms with E-state index in [0.717, 1.165) is 30.4 Å². The molecule has 0 fully saturated rings. The Morgan fingerprint density at radius 2 is 2.04 bits per heavy atom. The second-order valence-corrected chi connectivity index (χ2v) is 6.82. The molecule has 0 spiro atoms. The Kier molecular flexibility index (Phi) is 10.4. The van der Waals surface area contributed by atoms with E-state index in [1.54, 1.807) is 25.5 Å². The molecule has 0 aliphatic rings. The second kappa shape index (κ2) is 12.0. The lowest BCUT2D eigenvalue weighted by atomic mass is 10.3. The molecule has 2 aromatic rings. The minimum absolute atomic E-state index is 0. The van der Waals surface area contributed by atoms with Crippen molar-refractivity contribution in [1.29, 1.82) is 0 Å². The molecular weight excluding hydrogens is 461 g/mol. The molecule has 1 aromatic carbocycles. The van der Waals surface area contributed by atoms with E-state index in [1.807, 2.05) is 31.2 Å². The Hall–Kier alpha value is -1.48. The summed E-state index contributed by atoms with van der Waals surface area (Å²) in [5, 5.41) is 5.48. The van der Waals surface area contributed by atoms with Crippen molar-refractivity contribution in [2.45, 2.75) is 19.4 Å². The van der Waals surface area contributed by atoms with Gasteiger partial charge < -0.3 is 19.7 Å². The molecule has 0 saturated carbocycles. The topological polar surface area (TPSA) is 46.1 Å². The summed E-state index contributed by atoms with van der Waals surface area (Å²) in [5.41, 5.74) is 0. The molecule has 0 radical (unpaired) electrons. The van der Waals surface area contributed by atoms with Crippen LogP contribution in [0.4, 0.5) is 0 Å². The van der Waals surface area contributed by atoms with E-state index in [4.69, 9.17) is 9.47 Å². The highest BCUT2D eigenvalue weighted by Crippen LogP contribution is 2.19. The van der Waals surface area contributed by atoms with Crippen LogP contribution in [0.1, 0.15) is 11.8 Å². The van der Waals surface area contributed by atoms with Gasteiger partial charge in [0.15, 0.2) is 5.96 Å². The van der Waals surface area contributed by atoms with Crippen LogP contribution in [0.3, 0.4) is 0 Å². The zero-order chi connectivity index (χ0) is 18.1. The minimum atomic E-state index is 0. The molecule has 1 unspecified atom stereocenters. The SMILES string of the molecule is CN=C(NCC(C)Oc1cccc(OC)c1)N(C)CCc1cccs1.I. The molecule has 26 heavy (non-hydrogen) atoms. The molecule has 1 heterocycles. The summed E-state index contributed by atoms with van der Waals surface area (Å²) in [6.07, 6.45) is 1.03. The van der Waals surface area contributed by atoms with Crippen LogP contribution < -0.4 is 14.8 Å². The third-order valence-corrected chi connectivity index (χ3v) is 4.71. The van der Waals surface area contributed by atoms with Gasteiger partial charge in [-0.25, -0.2) is 0 Å². The van der Waals surface area contributed by atoms with Gasteiger partial charge in [-0.3, -0.25) is 4.99 Å². The number of ether oxygens (including phenoxy) is 2. The number of guanidine groups is 1. The number of likely N-dealkylation sites (N-methyl/N-ethyl adjacent to an activating group) is 1. The summed E-state index contributed by atoms with van der Waals surface area (Å²) >= 11 is 1.79. The van der Waals surface area contributed by atoms with Crippen LogP contribution in [0.5, 0.6) is 11.5 Å². The van der Waals surface area contributed by atoms with Crippen LogP contribution in [0, 0.1) is 0 Å². The normalized spacial score (nSPS) is 12.1. The highest BCUT2D eigenvalue weighted by molar-refractivity contribution is 14.0. The van der Waals surface area contributed by atoms with Gasteiger partial charge in [-0.1, -0.05) is 12.1 Å². The molecule has 144 valence electrons. The number of halogens is 1. The van der Waals surface area contributed by atoms with Gasteiger partial charge in [0.05, 0.1) is 13.7 Å². The smallest absolute Gasteiger partial charge is 0.193 e. The van der Waals surface area contributed by atoms with Crippen LogP contribution in [0.2, 0.25) is 0 Å². The summed E-state index contributed by atoms with van der Waals surface area (Å²) < 4.78 is 11.2. The summed E-state index contributed by atoms with van der Waals surface area (Å²) in [5.74, 6) is 2.47. The number of rotatable bonds is 8. The second-order valence-electron chi connectivity index (χ2n) is 5.79. The van der Waals surface area contributed by atoms with Crippen LogP contribution in [-0.4, -0.2) is 51.3 Å². The van der Waals surface area contributed by atoms with Crippen molar-refractivity contribution in [2.24, 2.45) is 4.99 Å². The van der Waals surface area contributed by atoms with Crippen molar-refractivity contribution in [3.8, 4) is 11.5 Å².